The number of hydrogen-bond acceptors (Lipinski definition) is 8. The molecule has 0 spiro atoms. The molecule has 2 fully saturated rings. The summed E-state index contributed by atoms with van der Waals surface area (Å²) in [7, 11) is 0. The van der Waals surface area contributed by atoms with Crippen LogP contribution < -0.4 is 16.6 Å². The molecule has 9 nitrogen and oxygen atoms in total. The summed E-state index contributed by atoms with van der Waals surface area (Å²) in [5, 5.41) is 28.7. The van der Waals surface area contributed by atoms with Gasteiger partial charge in [0.05, 0.1) is 47.9 Å². The van der Waals surface area contributed by atoms with E-state index in [4.69, 9.17) is 10.8 Å². The molecule has 2 unspecified atom stereocenters. The van der Waals surface area contributed by atoms with E-state index in [1.807, 2.05) is 12.1 Å². The summed E-state index contributed by atoms with van der Waals surface area (Å²) in [5.41, 5.74) is 15.5. The largest absolute Gasteiger partial charge is 0.314 e. The van der Waals surface area contributed by atoms with Gasteiger partial charge < -0.3 is 5.73 Å². The molecule has 1 saturated heterocycles. The molecule has 3 heterocycles. The first-order valence-corrected chi connectivity index (χ1v) is 9.96. The van der Waals surface area contributed by atoms with Crippen LogP contribution >= 0.6 is 0 Å². The van der Waals surface area contributed by atoms with Crippen LogP contribution in [-0.2, 0) is 5.54 Å². The van der Waals surface area contributed by atoms with Crippen molar-refractivity contribution in [3.05, 3.63) is 42.2 Å². The van der Waals surface area contributed by atoms with Crippen molar-refractivity contribution in [3.8, 4) is 23.4 Å². The Morgan fingerprint density at radius 2 is 2.17 bits per heavy atom. The summed E-state index contributed by atoms with van der Waals surface area (Å²) in [4.78, 5) is 6.18. The van der Waals surface area contributed by atoms with Crippen molar-refractivity contribution in [2.45, 2.75) is 36.9 Å². The average molecular weight is 399 g/mol. The highest BCUT2D eigenvalue weighted by molar-refractivity contribution is 5.94. The van der Waals surface area contributed by atoms with Crippen LogP contribution in [0.1, 0.15) is 30.7 Å². The minimum atomic E-state index is -0.499. The van der Waals surface area contributed by atoms with Crippen molar-refractivity contribution in [1.82, 2.24) is 30.8 Å². The topological polar surface area (TPSA) is 141 Å². The van der Waals surface area contributed by atoms with E-state index in [9.17, 15) is 10.5 Å². The lowest BCUT2D eigenvalue weighted by atomic mass is 9.68. The highest BCUT2D eigenvalue weighted by Gasteiger charge is 2.48. The number of rotatable bonds is 4. The van der Waals surface area contributed by atoms with Crippen LogP contribution in [0.4, 0.5) is 0 Å². The zero-order chi connectivity index (χ0) is 20.7. The fourth-order valence-electron chi connectivity index (χ4n) is 4.56. The van der Waals surface area contributed by atoms with Gasteiger partial charge in [-0.15, -0.1) is 0 Å². The van der Waals surface area contributed by atoms with Gasteiger partial charge in [-0.25, -0.2) is 5.43 Å². The number of nitrogens with one attached hydrogen (secondary N) is 2. The molecule has 3 aromatic rings. The molecular formula is C21H21N9. The standard InChI is InChI=1S/C21H21N9/c22-4-3-21(8-13(9-21)10-23)30-27-12-19(29-30)16-6-14(17-11-26-28-20(17)24)7-18-15(16)2-1-5-25-18/h1-2,5-7,12-13,17,20,26,28H,3,8-9,11,24H2. The van der Waals surface area contributed by atoms with Gasteiger partial charge in [0.2, 0.25) is 0 Å². The lowest BCUT2D eigenvalue weighted by Crippen LogP contribution is -2.47. The van der Waals surface area contributed by atoms with Gasteiger partial charge in [0.1, 0.15) is 5.69 Å². The summed E-state index contributed by atoms with van der Waals surface area (Å²) in [6.45, 7) is 0.729. The summed E-state index contributed by atoms with van der Waals surface area (Å²) in [5.74, 6) is 0.0585. The third-order valence-electron chi connectivity index (χ3n) is 6.23. The van der Waals surface area contributed by atoms with E-state index in [0.717, 1.165) is 34.3 Å². The van der Waals surface area contributed by atoms with Crippen LogP contribution in [0.25, 0.3) is 22.2 Å². The highest BCUT2D eigenvalue weighted by Crippen LogP contribution is 2.45. The Balaban J connectivity index is 1.59. The van der Waals surface area contributed by atoms with Gasteiger partial charge in [-0.3, -0.25) is 10.4 Å². The number of hydrogen-bond donors (Lipinski definition) is 3. The Morgan fingerprint density at radius 1 is 1.30 bits per heavy atom. The number of pyridine rings is 1. The Bertz CT molecular complexity index is 1180. The number of fused-ring (bicyclic) bond motifs is 1. The monoisotopic (exact) mass is 399 g/mol. The van der Waals surface area contributed by atoms with Crippen molar-refractivity contribution in [2.75, 3.05) is 6.54 Å². The minimum absolute atomic E-state index is 0.0509. The van der Waals surface area contributed by atoms with Crippen LogP contribution in [0, 0.1) is 28.6 Å². The Hall–Kier alpha value is -3.37. The molecule has 1 aliphatic heterocycles. The maximum Gasteiger partial charge on any atom is 0.113 e. The van der Waals surface area contributed by atoms with Crippen molar-refractivity contribution < 1.29 is 0 Å². The second kappa shape index (κ2) is 7.15. The van der Waals surface area contributed by atoms with E-state index < -0.39 is 5.54 Å². The van der Waals surface area contributed by atoms with Gasteiger partial charge in [-0.2, -0.15) is 25.5 Å². The third-order valence-corrected chi connectivity index (χ3v) is 6.23. The second-order valence-electron chi connectivity index (χ2n) is 8.11. The number of aromatic nitrogens is 4. The van der Waals surface area contributed by atoms with Crippen molar-refractivity contribution in [2.24, 2.45) is 11.7 Å². The fraction of sp³-hybridized carbons (Fsp3) is 0.381. The zero-order valence-electron chi connectivity index (χ0n) is 16.3. The molecule has 5 rings (SSSR count). The van der Waals surface area contributed by atoms with E-state index in [-0.39, 0.29) is 24.4 Å². The summed E-state index contributed by atoms with van der Waals surface area (Å²) < 4.78 is 0. The molecular weight excluding hydrogens is 378 g/mol. The first-order chi connectivity index (χ1) is 14.6. The van der Waals surface area contributed by atoms with Gasteiger partial charge >= 0.3 is 0 Å². The number of nitrogens with zero attached hydrogens (tertiary/aromatic N) is 6. The van der Waals surface area contributed by atoms with E-state index in [1.54, 1.807) is 17.2 Å². The van der Waals surface area contributed by atoms with Crippen LogP contribution in [0.3, 0.4) is 0 Å². The Kier molecular flexibility index (Phi) is 4.44. The highest BCUT2D eigenvalue weighted by atomic mass is 15.5. The number of hydrazine groups is 1. The molecule has 2 aromatic heterocycles. The van der Waals surface area contributed by atoms with Crippen molar-refractivity contribution in [3.63, 3.8) is 0 Å². The predicted molar refractivity (Wildman–Crippen MR) is 109 cm³/mol. The van der Waals surface area contributed by atoms with Crippen molar-refractivity contribution >= 4 is 10.9 Å². The summed E-state index contributed by atoms with van der Waals surface area (Å²) in [6, 6.07) is 12.6. The quantitative estimate of drug-likeness (QED) is 0.599. The summed E-state index contributed by atoms with van der Waals surface area (Å²) >= 11 is 0. The minimum Gasteiger partial charge on any atom is -0.314 e. The predicted octanol–water partition coefficient (Wildman–Crippen LogP) is 1.51. The molecule has 4 N–H and O–H groups in total. The van der Waals surface area contributed by atoms with E-state index in [1.165, 1.54) is 0 Å². The molecule has 9 heteroatoms. The average Bonchev–Trinajstić information content (AvgIpc) is 3.39. The molecule has 1 aliphatic carbocycles. The van der Waals surface area contributed by atoms with E-state index >= 15 is 0 Å². The van der Waals surface area contributed by atoms with Gasteiger partial charge in [0.15, 0.2) is 0 Å². The van der Waals surface area contributed by atoms with Crippen LogP contribution in [0.5, 0.6) is 0 Å². The molecule has 0 radical (unpaired) electrons. The third kappa shape index (κ3) is 2.92. The molecule has 2 atom stereocenters. The smallest absolute Gasteiger partial charge is 0.113 e. The second-order valence-corrected chi connectivity index (χ2v) is 8.11. The molecule has 1 aromatic carbocycles. The number of nitriles is 2. The molecule has 1 saturated carbocycles. The lowest BCUT2D eigenvalue weighted by molar-refractivity contribution is 0.0713. The first-order valence-electron chi connectivity index (χ1n) is 9.96. The summed E-state index contributed by atoms with van der Waals surface area (Å²) in [6.07, 6.45) is 4.80. The molecule has 0 amide bonds. The SMILES string of the molecule is N#CCC1(n2ncc(-c3cc(C4CNNC4N)cc4ncccc34)n2)CC(C#N)C1. The number of benzene rings is 1. The number of nitrogens with two attached hydrogens (primary N) is 1. The Morgan fingerprint density at radius 3 is 2.90 bits per heavy atom. The molecule has 150 valence electrons. The fourth-order valence-corrected chi connectivity index (χ4v) is 4.56. The van der Waals surface area contributed by atoms with Crippen LogP contribution in [0.2, 0.25) is 0 Å². The lowest BCUT2D eigenvalue weighted by Gasteiger charge is -2.42. The first kappa shape index (κ1) is 18.6. The zero-order valence-corrected chi connectivity index (χ0v) is 16.3. The van der Waals surface area contributed by atoms with Gasteiger partial charge in [0, 0.05) is 29.6 Å². The van der Waals surface area contributed by atoms with Gasteiger partial charge in [-0.1, -0.05) is 6.07 Å². The van der Waals surface area contributed by atoms with E-state index in [0.29, 0.717) is 12.8 Å². The van der Waals surface area contributed by atoms with Crippen molar-refractivity contribution in [1.29, 1.82) is 10.5 Å². The Labute approximate surface area is 173 Å². The van der Waals surface area contributed by atoms with Crippen LogP contribution in [-0.4, -0.2) is 32.7 Å². The maximum atomic E-state index is 9.30. The molecule has 30 heavy (non-hydrogen) atoms. The molecule has 2 aliphatic rings. The van der Waals surface area contributed by atoms with Crippen LogP contribution in [0.15, 0.2) is 36.7 Å². The molecule has 0 bridgehead atoms. The normalized spacial score (nSPS) is 28.0. The van der Waals surface area contributed by atoms with Gasteiger partial charge in [-0.05, 0) is 36.6 Å². The van der Waals surface area contributed by atoms with Gasteiger partial charge in [0.25, 0.3) is 0 Å². The van der Waals surface area contributed by atoms with E-state index in [2.05, 4.69) is 45.2 Å². The maximum absolute atomic E-state index is 9.30.